The van der Waals surface area contributed by atoms with Gasteiger partial charge in [-0.15, -0.1) is 0 Å². The number of hydrogen-bond acceptors (Lipinski definition) is 3. The second-order valence-electron chi connectivity index (χ2n) is 7.79. The molecule has 0 aromatic carbocycles. The van der Waals surface area contributed by atoms with Gasteiger partial charge in [-0.05, 0) is 76.0 Å². The van der Waals surface area contributed by atoms with E-state index in [-0.39, 0.29) is 0 Å². The maximum Gasteiger partial charge on any atom is 0.222 e. The van der Waals surface area contributed by atoms with Crippen LogP contribution in [0.4, 0.5) is 0 Å². The van der Waals surface area contributed by atoms with Crippen molar-refractivity contribution in [2.75, 3.05) is 45.8 Å². The van der Waals surface area contributed by atoms with Gasteiger partial charge in [-0.25, -0.2) is 0 Å². The highest BCUT2D eigenvalue weighted by Crippen LogP contribution is 2.25. The second-order valence-corrected chi connectivity index (χ2v) is 7.79. The Hall–Kier alpha value is -0.610. The van der Waals surface area contributed by atoms with Crippen LogP contribution in [-0.2, 0) is 4.79 Å². The zero-order valence-corrected chi connectivity index (χ0v) is 14.2. The molecule has 1 amide bonds. The van der Waals surface area contributed by atoms with Gasteiger partial charge in [0.1, 0.15) is 0 Å². The van der Waals surface area contributed by atoms with E-state index < -0.39 is 0 Å². The molecule has 3 rings (SSSR count). The quantitative estimate of drug-likeness (QED) is 0.843. The zero-order valence-electron chi connectivity index (χ0n) is 14.2. The minimum absolute atomic E-state index is 0.405. The summed E-state index contributed by atoms with van der Waals surface area (Å²) >= 11 is 0. The van der Waals surface area contributed by atoms with Gasteiger partial charge in [0, 0.05) is 26.1 Å². The largest absolute Gasteiger partial charge is 0.342 e. The summed E-state index contributed by atoms with van der Waals surface area (Å²) in [5.41, 5.74) is 0. The molecule has 3 fully saturated rings. The summed E-state index contributed by atoms with van der Waals surface area (Å²) in [5, 5.41) is 3.48. The Bertz CT molecular complexity index is 361. The number of carbonyl (C=O) groups excluding carboxylic acids is 1. The predicted octanol–water partition coefficient (Wildman–Crippen LogP) is 1.96. The average Bonchev–Trinajstić information content (AvgIpc) is 3.20. The van der Waals surface area contributed by atoms with Crippen molar-refractivity contribution in [3.05, 3.63) is 0 Å². The maximum absolute atomic E-state index is 12.6. The van der Waals surface area contributed by atoms with Crippen molar-refractivity contribution in [3.63, 3.8) is 0 Å². The van der Waals surface area contributed by atoms with E-state index in [2.05, 4.69) is 22.0 Å². The molecule has 3 saturated heterocycles. The summed E-state index contributed by atoms with van der Waals surface area (Å²) in [6.07, 6.45) is 7.25. The molecule has 3 heterocycles. The number of amides is 1. The molecule has 0 radical (unpaired) electrons. The lowest BCUT2D eigenvalue weighted by Gasteiger charge is -2.29. The van der Waals surface area contributed by atoms with E-state index in [0.29, 0.717) is 23.7 Å². The van der Waals surface area contributed by atoms with Crippen molar-refractivity contribution in [1.82, 2.24) is 15.1 Å². The molecular formula is C18H33N3O. The van der Waals surface area contributed by atoms with Crippen molar-refractivity contribution in [1.29, 1.82) is 0 Å². The SMILES string of the molecule is CC(CC(=O)N1CCC(CN2CCCC2)C1)C1CCCNC1. The first-order chi connectivity index (χ1) is 10.7. The fourth-order valence-electron chi connectivity index (χ4n) is 4.47. The van der Waals surface area contributed by atoms with E-state index in [1.165, 1.54) is 51.7 Å². The number of likely N-dealkylation sites (tertiary alicyclic amines) is 2. The van der Waals surface area contributed by atoms with E-state index in [9.17, 15) is 4.79 Å². The fourth-order valence-corrected chi connectivity index (χ4v) is 4.47. The topological polar surface area (TPSA) is 35.6 Å². The van der Waals surface area contributed by atoms with Crippen LogP contribution in [0, 0.1) is 17.8 Å². The van der Waals surface area contributed by atoms with E-state index >= 15 is 0 Å². The number of nitrogens with one attached hydrogen (secondary N) is 1. The van der Waals surface area contributed by atoms with Crippen molar-refractivity contribution in [2.24, 2.45) is 17.8 Å². The van der Waals surface area contributed by atoms with Crippen LogP contribution >= 0.6 is 0 Å². The first-order valence-corrected chi connectivity index (χ1v) is 9.43. The van der Waals surface area contributed by atoms with Crippen LogP contribution in [0.1, 0.15) is 45.4 Å². The van der Waals surface area contributed by atoms with Gasteiger partial charge >= 0.3 is 0 Å². The summed E-state index contributed by atoms with van der Waals surface area (Å²) in [4.78, 5) is 17.3. The molecule has 3 aliphatic rings. The highest BCUT2D eigenvalue weighted by Gasteiger charge is 2.30. The summed E-state index contributed by atoms with van der Waals surface area (Å²) in [5.74, 6) is 2.34. The molecule has 22 heavy (non-hydrogen) atoms. The molecular weight excluding hydrogens is 274 g/mol. The number of piperidine rings is 1. The molecule has 1 N–H and O–H groups in total. The summed E-state index contributed by atoms with van der Waals surface area (Å²) < 4.78 is 0. The van der Waals surface area contributed by atoms with E-state index in [1.807, 2.05) is 0 Å². The van der Waals surface area contributed by atoms with Crippen molar-refractivity contribution in [2.45, 2.75) is 45.4 Å². The van der Waals surface area contributed by atoms with Crippen LogP contribution in [0.2, 0.25) is 0 Å². The molecule has 0 aromatic rings. The highest BCUT2D eigenvalue weighted by molar-refractivity contribution is 5.76. The molecule has 4 heteroatoms. The van der Waals surface area contributed by atoms with Crippen LogP contribution in [-0.4, -0.2) is 61.5 Å². The summed E-state index contributed by atoms with van der Waals surface area (Å²) in [7, 11) is 0. The lowest BCUT2D eigenvalue weighted by Crippen LogP contribution is -2.37. The highest BCUT2D eigenvalue weighted by atomic mass is 16.2. The molecule has 126 valence electrons. The maximum atomic E-state index is 12.6. The number of nitrogens with zero attached hydrogens (tertiary/aromatic N) is 2. The molecule has 3 unspecified atom stereocenters. The summed E-state index contributed by atoms with van der Waals surface area (Å²) in [6.45, 7) is 10.3. The van der Waals surface area contributed by atoms with Gasteiger partial charge in [0.15, 0.2) is 0 Å². The fraction of sp³-hybridized carbons (Fsp3) is 0.944. The number of rotatable bonds is 5. The summed E-state index contributed by atoms with van der Waals surface area (Å²) in [6, 6.07) is 0. The standard InChI is InChI=1S/C18H33N3O/c1-15(17-5-4-7-19-12-17)11-18(22)21-10-6-16(14-21)13-20-8-2-3-9-20/h15-17,19H,2-14H2,1H3. The van der Waals surface area contributed by atoms with Crippen LogP contribution < -0.4 is 5.32 Å². The molecule has 0 aromatic heterocycles. The van der Waals surface area contributed by atoms with Crippen LogP contribution in [0.3, 0.4) is 0 Å². The van der Waals surface area contributed by atoms with Gasteiger partial charge in [0.05, 0.1) is 0 Å². The van der Waals surface area contributed by atoms with E-state index in [0.717, 1.165) is 32.6 Å². The minimum Gasteiger partial charge on any atom is -0.342 e. The van der Waals surface area contributed by atoms with Crippen LogP contribution in [0.25, 0.3) is 0 Å². The Morgan fingerprint density at radius 2 is 2.00 bits per heavy atom. The minimum atomic E-state index is 0.405. The third-order valence-corrected chi connectivity index (χ3v) is 5.99. The molecule has 4 nitrogen and oxygen atoms in total. The Morgan fingerprint density at radius 3 is 2.73 bits per heavy atom. The zero-order chi connectivity index (χ0) is 15.4. The normalized spacial score (nSPS) is 31.6. The first-order valence-electron chi connectivity index (χ1n) is 9.43. The van der Waals surface area contributed by atoms with Gasteiger partial charge in [0.25, 0.3) is 0 Å². The third-order valence-electron chi connectivity index (χ3n) is 5.99. The first kappa shape index (κ1) is 16.3. The number of carbonyl (C=O) groups is 1. The van der Waals surface area contributed by atoms with E-state index in [1.54, 1.807) is 0 Å². The van der Waals surface area contributed by atoms with E-state index in [4.69, 9.17) is 0 Å². The van der Waals surface area contributed by atoms with Crippen molar-refractivity contribution in [3.8, 4) is 0 Å². The Kier molecular flexibility index (Phi) is 5.75. The van der Waals surface area contributed by atoms with Gasteiger partial charge in [-0.2, -0.15) is 0 Å². The van der Waals surface area contributed by atoms with Gasteiger partial charge < -0.3 is 15.1 Å². The molecule has 0 bridgehead atoms. The Balaban J connectivity index is 1.40. The number of hydrogen-bond donors (Lipinski definition) is 1. The molecule has 3 atom stereocenters. The predicted molar refractivity (Wildman–Crippen MR) is 89.7 cm³/mol. The van der Waals surface area contributed by atoms with Crippen LogP contribution in [0.5, 0.6) is 0 Å². The van der Waals surface area contributed by atoms with Gasteiger partial charge in [-0.3, -0.25) is 4.79 Å². The average molecular weight is 307 g/mol. The second kappa shape index (κ2) is 7.78. The smallest absolute Gasteiger partial charge is 0.222 e. The van der Waals surface area contributed by atoms with Crippen molar-refractivity contribution < 1.29 is 4.79 Å². The Morgan fingerprint density at radius 1 is 1.18 bits per heavy atom. The van der Waals surface area contributed by atoms with Crippen molar-refractivity contribution >= 4 is 5.91 Å². The molecule has 0 spiro atoms. The van der Waals surface area contributed by atoms with Gasteiger partial charge in [-0.1, -0.05) is 6.92 Å². The lowest BCUT2D eigenvalue weighted by atomic mass is 9.85. The molecule has 0 aliphatic carbocycles. The monoisotopic (exact) mass is 307 g/mol. The Labute approximate surface area is 135 Å². The third kappa shape index (κ3) is 4.23. The van der Waals surface area contributed by atoms with Crippen LogP contribution in [0.15, 0.2) is 0 Å². The van der Waals surface area contributed by atoms with Gasteiger partial charge in [0.2, 0.25) is 5.91 Å². The lowest BCUT2D eigenvalue weighted by molar-refractivity contribution is -0.131. The molecule has 0 saturated carbocycles. The molecule has 3 aliphatic heterocycles.